The van der Waals surface area contributed by atoms with Gasteiger partial charge in [-0.15, -0.1) is 11.8 Å². The summed E-state index contributed by atoms with van der Waals surface area (Å²) in [6.45, 7) is 2.60. The molecule has 0 saturated carbocycles. The number of rotatable bonds is 7. The van der Waals surface area contributed by atoms with Crippen LogP contribution in [0.3, 0.4) is 0 Å². The quantitative estimate of drug-likeness (QED) is 0.204. The van der Waals surface area contributed by atoms with Crippen LogP contribution < -0.4 is 15.0 Å². The molecule has 1 N–H and O–H groups in total. The van der Waals surface area contributed by atoms with Crippen molar-refractivity contribution in [3.63, 3.8) is 0 Å². The Balaban J connectivity index is 1.39. The van der Waals surface area contributed by atoms with E-state index in [1.807, 2.05) is 0 Å². The molecule has 34 heavy (non-hydrogen) atoms. The number of carbonyl (C=O) groups is 3. The highest BCUT2D eigenvalue weighted by atomic mass is 35.5. The molecule has 0 aliphatic carbocycles. The van der Waals surface area contributed by atoms with Crippen molar-refractivity contribution in [2.45, 2.75) is 11.8 Å². The lowest BCUT2D eigenvalue weighted by atomic mass is 10.1. The average molecular weight is 493 g/mol. The first-order chi connectivity index (χ1) is 16.4. The van der Waals surface area contributed by atoms with Gasteiger partial charge in [-0.3, -0.25) is 14.9 Å². The number of nitrogens with zero attached hydrogens (tertiary/aromatic N) is 1. The summed E-state index contributed by atoms with van der Waals surface area (Å²) in [5.41, 5.74) is 2.04. The Hall–Kier alpha value is -3.55. The molecule has 1 heterocycles. The van der Waals surface area contributed by atoms with Crippen LogP contribution in [0.2, 0.25) is 5.02 Å². The van der Waals surface area contributed by atoms with Crippen LogP contribution in [-0.4, -0.2) is 30.2 Å². The Morgan fingerprint density at radius 3 is 2.29 bits per heavy atom. The van der Waals surface area contributed by atoms with Gasteiger partial charge >= 0.3 is 6.03 Å². The van der Waals surface area contributed by atoms with Crippen molar-refractivity contribution in [3.05, 3.63) is 94.5 Å². The molecule has 1 aliphatic rings. The number of hydrogen-bond donors (Lipinski definition) is 1. The maximum atomic E-state index is 12.9. The highest BCUT2D eigenvalue weighted by Crippen LogP contribution is 2.24. The summed E-state index contributed by atoms with van der Waals surface area (Å²) >= 11 is 7.61. The Morgan fingerprint density at radius 1 is 0.941 bits per heavy atom. The molecule has 8 heteroatoms. The van der Waals surface area contributed by atoms with E-state index in [0.717, 1.165) is 10.7 Å². The second kappa shape index (κ2) is 10.6. The average Bonchev–Trinajstić information content (AvgIpc) is 2.82. The van der Waals surface area contributed by atoms with Crippen LogP contribution >= 0.6 is 23.4 Å². The number of halogens is 1. The number of urea groups is 1. The normalized spacial score (nSPS) is 14.9. The molecule has 1 saturated heterocycles. The van der Waals surface area contributed by atoms with Gasteiger partial charge in [0.2, 0.25) is 0 Å². The number of hydrogen-bond acceptors (Lipinski definition) is 5. The number of thioether (sulfide) groups is 1. The zero-order chi connectivity index (χ0) is 24.1. The molecule has 3 aromatic rings. The minimum Gasteiger partial charge on any atom is -0.493 e. The zero-order valence-electron chi connectivity index (χ0n) is 18.3. The van der Waals surface area contributed by atoms with Crippen molar-refractivity contribution in [3.8, 4) is 5.75 Å². The zero-order valence-corrected chi connectivity index (χ0v) is 19.9. The summed E-state index contributed by atoms with van der Waals surface area (Å²) in [6, 6.07) is 20.8. The van der Waals surface area contributed by atoms with Crippen molar-refractivity contribution in [2.75, 3.05) is 17.3 Å². The molecule has 172 valence electrons. The van der Waals surface area contributed by atoms with Crippen molar-refractivity contribution in [2.24, 2.45) is 0 Å². The van der Waals surface area contributed by atoms with Crippen molar-refractivity contribution >= 4 is 53.0 Å². The first kappa shape index (κ1) is 23.6. The van der Waals surface area contributed by atoms with Gasteiger partial charge in [0.25, 0.3) is 11.8 Å². The fourth-order valence-corrected chi connectivity index (χ4v) is 4.12. The number of anilines is 1. The topological polar surface area (TPSA) is 75.7 Å². The maximum absolute atomic E-state index is 12.9. The minimum atomic E-state index is -0.804. The molecule has 0 radical (unpaired) electrons. The Labute approximate surface area is 206 Å². The third-order valence-electron chi connectivity index (χ3n) is 5.02. The summed E-state index contributed by atoms with van der Waals surface area (Å²) < 4.78 is 5.79. The van der Waals surface area contributed by atoms with Gasteiger partial charge in [0, 0.05) is 15.7 Å². The third kappa shape index (κ3) is 5.68. The highest BCUT2D eigenvalue weighted by molar-refractivity contribution is 7.99. The van der Waals surface area contributed by atoms with Gasteiger partial charge in [-0.1, -0.05) is 41.4 Å². The molecule has 0 spiro atoms. The second-order valence-corrected chi connectivity index (χ2v) is 9.12. The molecule has 4 amide bonds. The van der Waals surface area contributed by atoms with Gasteiger partial charge in [-0.25, -0.2) is 9.69 Å². The Bertz CT molecular complexity index is 1240. The van der Waals surface area contributed by atoms with Crippen molar-refractivity contribution in [1.82, 2.24) is 5.32 Å². The van der Waals surface area contributed by atoms with Crippen LogP contribution in [0.15, 0.2) is 83.3 Å². The predicted octanol–water partition coefficient (Wildman–Crippen LogP) is 5.49. The van der Waals surface area contributed by atoms with Crippen LogP contribution in [0, 0.1) is 6.92 Å². The third-order valence-corrected chi connectivity index (χ3v) is 6.25. The van der Waals surface area contributed by atoms with Gasteiger partial charge in [-0.05, 0) is 67.1 Å². The fourth-order valence-electron chi connectivity index (χ4n) is 3.26. The number of nitrogens with one attached hydrogen (secondary N) is 1. The summed E-state index contributed by atoms with van der Waals surface area (Å²) in [5.74, 6) is 0.0419. The Morgan fingerprint density at radius 2 is 1.62 bits per heavy atom. The van der Waals surface area contributed by atoms with Crippen molar-refractivity contribution < 1.29 is 19.1 Å². The smallest absolute Gasteiger partial charge is 0.335 e. The van der Waals surface area contributed by atoms with Crippen LogP contribution in [-0.2, 0) is 9.59 Å². The summed E-state index contributed by atoms with van der Waals surface area (Å²) in [7, 11) is 0. The van der Waals surface area contributed by atoms with E-state index in [9.17, 15) is 14.4 Å². The molecule has 0 aromatic heterocycles. The number of benzene rings is 3. The lowest BCUT2D eigenvalue weighted by molar-refractivity contribution is -0.122. The summed E-state index contributed by atoms with van der Waals surface area (Å²) in [5, 5.41) is 2.67. The van der Waals surface area contributed by atoms with Crippen LogP contribution in [0.4, 0.5) is 10.5 Å². The molecule has 4 rings (SSSR count). The summed E-state index contributed by atoms with van der Waals surface area (Å²) in [6.07, 6.45) is 1.45. The molecular weight excluding hydrogens is 472 g/mol. The molecule has 0 unspecified atom stereocenters. The number of barbiturate groups is 1. The lowest BCUT2D eigenvalue weighted by Crippen LogP contribution is -2.54. The number of amides is 4. The minimum absolute atomic E-state index is 0.141. The van der Waals surface area contributed by atoms with Crippen LogP contribution in [0.1, 0.15) is 11.1 Å². The molecule has 0 atom stereocenters. The second-order valence-electron chi connectivity index (χ2n) is 7.51. The van der Waals surface area contributed by atoms with E-state index in [1.54, 1.807) is 48.2 Å². The van der Waals surface area contributed by atoms with E-state index >= 15 is 0 Å². The standard InChI is InChI=1S/C26H21ClN2O4S/c1-17-2-12-22(13-3-17)34-15-14-33-21-10-4-18(5-11-21)16-23-24(30)28-26(32)29(25(23)31)20-8-6-19(27)7-9-20/h2-13,16H,14-15H2,1H3,(H,28,30,32)/b23-16-. The molecule has 1 fully saturated rings. The van der Waals surface area contributed by atoms with E-state index in [4.69, 9.17) is 16.3 Å². The fraction of sp³-hybridized carbons (Fsp3) is 0.115. The first-order valence-corrected chi connectivity index (χ1v) is 11.9. The van der Waals surface area contributed by atoms with E-state index < -0.39 is 17.8 Å². The monoisotopic (exact) mass is 492 g/mol. The molecule has 1 aliphatic heterocycles. The SMILES string of the molecule is Cc1ccc(SCCOc2ccc(/C=C3/C(=O)NC(=O)N(c4ccc(Cl)cc4)C3=O)cc2)cc1. The molecule has 3 aromatic carbocycles. The number of ether oxygens (including phenoxy) is 1. The van der Waals surface area contributed by atoms with Gasteiger partial charge in [0.05, 0.1) is 12.3 Å². The van der Waals surface area contributed by atoms with E-state index in [-0.39, 0.29) is 5.57 Å². The molecule has 0 bridgehead atoms. The predicted molar refractivity (Wildman–Crippen MR) is 134 cm³/mol. The van der Waals surface area contributed by atoms with E-state index in [1.165, 1.54) is 28.7 Å². The highest BCUT2D eigenvalue weighted by Gasteiger charge is 2.36. The first-order valence-electron chi connectivity index (χ1n) is 10.5. The lowest BCUT2D eigenvalue weighted by Gasteiger charge is -2.26. The summed E-state index contributed by atoms with van der Waals surface area (Å²) in [4.78, 5) is 39.6. The maximum Gasteiger partial charge on any atom is 0.335 e. The number of aryl methyl sites for hydroxylation is 1. The van der Waals surface area contributed by atoms with Crippen molar-refractivity contribution in [1.29, 1.82) is 0 Å². The van der Waals surface area contributed by atoms with E-state index in [0.29, 0.717) is 28.6 Å². The van der Waals surface area contributed by atoms with Crippen LogP contribution in [0.25, 0.3) is 6.08 Å². The Kier molecular flexibility index (Phi) is 7.35. The van der Waals surface area contributed by atoms with E-state index in [2.05, 4.69) is 36.5 Å². The largest absolute Gasteiger partial charge is 0.493 e. The number of carbonyl (C=O) groups excluding carboxylic acids is 3. The van der Waals surface area contributed by atoms with Crippen LogP contribution in [0.5, 0.6) is 5.75 Å². The number of imide groups is 2. The van der Waals surface area contributed by atoms with Gasteiger partial charge in [0.1, 0.15) is 11.3 Å². The molecule has 6 nitrogen and oxygen atoms in total. The van der Waals surface area contributed by atoms with Gasteiger partial charge in [0.15, 0.2) is 0 Å². The van der Waals surface area contributed by atoms with Gasteiger partial charge in [-0.2, -0.15) is 0 Å². The van der Waals surface area contributed by atoms with Gasteiger partial charge < -0.3 is 4.74 Å². The molecular formula is C26H21ClN2O4S.